The van der Waals surface area contributed by atoms with Gasteiger partial charge in [-0.05, 0) is 30.5 Å². The van der Waals surface area contributed by atoms with Gasteiger partial charge in [-0.1, -0.05) is 68.8 Å². The second-order valence-electron chi connectivity index (χ2n) is 8.94. The minimum atomic E-state index is -0.132. The van der Waals surface area contributed by atoms with Crippen molar-refractivity contribution in [1.29, 1.82) is 0 Å². The fourth-order valence-electron chi connectivity index (χ4n) is 3.67. The molecule has 0 saturated heterocycles. The Labute approximate surface area is 172 Å². The lowest BCUT2D eigenvalue weighted by atomic mass is 9.97. The predicted molar refractivity (Wildman–Crippen MR) is 114 cm³/mol. The van der Waals surface area contributed by atoms with Crippen molar-refractivity contribution in [1.82, 2.24) is 9.88 Å². The van der Waals surface area contributed by atoms with Crippen LogP contribution in [0.1, 0.15) is 65.2 Å². The summed E-state index contributed by atoms with van der Waals surface area (Å²) < 4.78 is 5.97. The number of carbonyl (C=O) groups excluding carboxylic acids is 1. The molecule has 0 spiro atoms. The van der Waals surface area contributed by atoms with Crippen LogP contribution in [0.4, 0.5) is 0 Å². The van der Waals surface area contributed by atoms with Crippen molar-refractivity contribution in [3.05, 3.63) is 88.1 Å². The zero-order valence-corrected chi connectivity index (χ0v) is 17.7. The first-order chi connectivity index (χ1) is 13.8. The molecule has 0 radical (unpaired) electrons. The van der Waals surface area contributed by atoms with Gasteiger partial charge >= 0.3 is 0 Å². The Morgan fingerprint density at radius 2 is 1.83 bits per heavy atom. The van der Waals surface area contributed by atoms with E-state index in [0.29, 0.717) is 19.5 Å². The lowest BCUT2D eigenvalue weighted by molar-refractivity contribution is 0.0726. The average molecular weight is 389 g/mol. The van der Waals surface area contributed by atoms with Crippen molar-refractivity contribution in [2.45, 2.75) is 52.5 Å². The van der Waals surface area contributed by atoms with Crippen molar-refractivity contribution in [2.24, 2.45) is 0 Å². The third-order valence-electron chi connectivity index (χ3n) is 5.42. The van der Waals surface area contributed by atoms with Crippen LogP contribution in [0.5, 0.6) is 0 Å². The molecule has 1 aliphatic heterocycles. The minimum absolute atomic E-state index is 0.0682. The highest BCUT2D eigenvalue weighted by molar-refractivity contribution is 5.96. The van der Waals surface area contributed by atoms with Crippen LogP contribution in [0, 0.1) is 6.92 Å². The molecule has 0 fully saturated rings. The highest BCUT2D eigenvalue weighted by Gasteiger charge is 2.30. The summed E-state index contributed by atoms with van der Waals surface area (Å²) in [4.78, 5) is 19.9. The third-order valence-corrected chi connectivity index (χ3v) is 5.42. The van der Waals surface area contributed by atoms with Crippen LogP contribution in [-0.2, 0) is 24.8 Å². The first kappa shape index (κ1) is 19.4. The SMILES string of the molecule is Cc1ccc(Cc2ccccc2C(=O)N2CCc3oc(C(C)(C)C)nc3C2)cc1. The summed E-state index contributed by atoms with van der Waals surface area (Å²) in [5, 5.41) is 0. The van der Waals surface area contributed by atoms with Crippen LogP contribution in [0.3, 0.4) is 0 Å². The number of carbonyl (C=O) groups is 1. The molecule has 4 nitrogen and oxygen atoms in total. The van der Waals surface area contributed by atoms with Crippen LogP contribution < -0.4 is 0 Å². The quantitative estimate of drug-likeness (QED) is 0.629. The molecule has 29 heavy (non-hydrogen) atoms. The molecule has 3 aromatic rings. The van der Waals surface area contributed by atoms with Crippen molar-refractivity contribution < 1.29 is 9.21 Å². The zero-order chi connectivity index (χ0) is 20.6. The third kappa shape index (κ3) is 4.12. The van der Waals surface area contributed by atoms with E-state index >= 15 is 0 Å². The maximum absolute atomic E-state index is 13.3. The van der Waals surface area contributed by atoms with Gasteiger partial charge in [0.25, 0.3) is 5.91 Å². The van der Waals surface area contributed by atoms with E-state index in [0.717, 1.165) is 34.9 Å². The molecule has 0 aliphatic carbocycles. The Kier molecular flexibility index (Phi) is 5.03. The van der Waals surface area contributed by atoms with Crippen molar-refractivity contribution in [3.8, 4) is 0 Å². The maximum atomic E-state index is 13.3. The van der Waals surface area contributed by atoms with Gasteiger partial charge < -0.3 is 9.32 Å². The summed E-state index contributed by atoms with van der Waals surface area (Å²) in [5.41, 5.74) is 5.05. The Morgan fingerprint density at radius 3 is 2.55 bits per heavy atom. The van der Waals surface area contributed by atoms with Crippen LogP contribution in [0.25, 0.3) is 0 Å². The molecule has 4 heteroatoms. The molecule has 4 rings (SSSR count). The van der Waals surface area contributed by atoms with Gasteiger partial charge in [0, 0.05) is 23.9 Å². The molecule has 2 heterocycles. The fraction of sp³-hybridized carbons (Fsp3) is 0.360. The Morgan fingerprint density at radius 1 is 1.10 bits per heavy atom. The predicted octanol–water partition coefficient (Wildman–Crippen LogP) is 5.07. The normalized spacial score (nSPS) is 14.0. The smallest absolute Gasteiger partial charge is 0.254 e. The van der Waals surface area contributed by atoms with Crippen LogP contribution >= 0.6 is 0 Å². The van der Waals surface area contributed by atoms with E-state index in [1.54, 1.807) is 0 Å². The number of amides is 1. The molecule has 0 saturated carbocycles. The largest absolute Gasteiger partial charge is 0.445 e. The van der Waals surface area contributed by atoms with E-state index in [1.807, 2.05) is 23.1 Å². The molecule has 2 aromatic carbocycles. The van der Waals surface area contributed by atoms with E-state index in [2.05, 4.69) is 63.0 Å². The molecule has 150 valence electrons. The monoisotopic (exact) mass is 388 g/mol. The number of oxazole rings is 1. The van der Waals surface area contributed by atoms with Gasteiger partial charge in [0.05, 0.1) is 6.54 Å². The zero-order valence-electron chi connectivity index (χ0n) is 17.7. The van der Waals surface area contributed by atoms with Crippen LogP contribution in [0.2, 0.25) is 0 Å². The molecule has 1 amide bonds. The first-order valence-electron chi connectivity index (χ1n) is 10.2. The summed E-state index contributed by atoms with van der Waals surface area (Å²) >= 11 is 0. The Hall–Kier alpha value is -2.88. The van der Waals surface area contributed by atoms with Crippen LogP contribution in [0.15, 0.2) is 52.9 Å². The second-order valence-corrected chi connectivity index (χ2v) is 8.94. The van der Waals surface area contributed by atoms with Gasteiger partial charge in [0.1, 0.15) is 11.5 Å². The van der Waals surface area contributed by atoms with Gasteiger partial charge in [0.2, 0.25) is 0 Å². The second kappa shape index (κ2) is 7.51. The molecular formula is C25H28N2O2. The number of aromatic nitrogens is 1. The molecular weight excluding hydrogens is 360 g/mol. The summed E-state index contributed by atoms with van der Waals surface area (Å²) in [6, 6.07) is 16.4. The number of rotatable bonds is 3. The number of benzene rings is 2. The van der Waals surface area contributed by atoms with Crippen molar-refractivity contribution >= 4 is 5.91 Å². The number of nitrogens with zero attached hydrogens (tertiary/aromatic N) is 2. The van der Waals surface area contributed by atoms with E-state index in [1.165, 1.54) is 11.1 Å². The summed E-state index contributed by atoms with van der Waals surface area (Å²) in [7, 11) is 0. The maximum Gasteiger partial charge on any atom is 0.254 e. The van der Waals surface area contributed by atoms with Gasteiger partial charge in [-0.25, -0.2) is 4.98 Å². The van der Waals surface area contributed by atoms with E-state index in [9.17, 15) is 4.79 Å². The summed E-state index contributed by atoms with van der Waals surface area (Å²) in [6.07, 6.45) is 1.46. The van der Waals surface area contributed by atoms with Gasteiger partial charge in [-0.3, -0.25) is 4.79 Å². The van der Waals surface area contributed by atoms with Crippen molar-refractivity contribution in [2.75, 3.05) is 6.54 Å². The topological polar surface area (TPSA) is 46.3 Å². The first-order valence-corrected chi connectivity index (χ1v) is 10.2. The number of hydrogen-bond acceptors (Lipinski definition) is 3. The lowest BCUT2D eigenvalue weighted by Crippen LogP contribution is -2.36. The molecule has 0 unspecified atom stereocenters. The molecule has 0 bridgehead atoms. The molecule has 0 N–H and O–H groups in total. The summed E-state index contributed by atoms with van der Waals surface area (Å²) in [6.45, 7) is 9.52. The van der Waals surface area contributed by atoms with Gasteiger partial charge in [-0.2, -0.15) is 0 Å². The molecule has 1 aliphatic rings. The number of hydrogen-bond donors (Lipinski definition) is 0. The van der Waals surface area contributed by atoms with E-state index < -0.39 is 0 Å². The Balaban J connectivity index is 1.56. The van der Waals surface area contributed by atoms with Gasteiger partial charge in [0.15, 0.2) is 5.89 Å². The highest BCUT2D eigenvalue weighted by atomic mass is 16.4. The lowest BCUT2D eigenvalue weighted by Gasteiger charge is -2.26. The average Bonchev–Trinajstić information content (AvgIpc) is 3.13. The molecule has 0 atom stereocenters. The molecule has 1 aromatic heterocycles. The van der Waals surface area contributed by atoms with E-state index in [-0.39, 0.29) is 11.3 Å². The van der Waals surface area contributed by atoms with E-state index in [4.69, 9.17) is 4.42 Å². The fourth-order valence-corrected chi connectivity index (χ4v) is 3.67. The standard InChI is InChI=1S/C25H28N2O2/c1-17-9-11-18(12-10-17)15-19-7-5-6-8-20(19)23(28)27-14-13-22-21(16-27)26-24(29-22)25(2,3)4/h5-12H,13-16H2,1-4H3. The number of aryl methyl sites for hydroxylation is 1. The van der Waals surface area contributed by atoms with Gasteiger partial charge in [-0.15, -0.1) is 0 Å². The number of fused-ring (bicyclic) bond motifs is 1. The van der Waals surface area contributed by atoms with Crippen molar-refractivity contribution in [3.63, 3.8) is 0 Å². The Bertz CT molecular complexity index is 1030. The summed E-state index contributed by atoms with van der Waals surface area (Å²) in [5.74, 6) is 1.74. The highest BCUT2D eigenvalue weighted by Crippen LogP contribution is 2.28. The van der Waals surface area contributed by atoms with Crippen LogP contribution in [-0.4, -0.2) is 22.3 Å². The minimum Gasteiger partial charge on any atom is -0.445 e.